The lowest BCUT2D eigenvalue weighted by atomic mass is 9.82. The van der Waals surface area contributed by atoms with E-state index in [2.05, 4.69) is 39.9 Å². The van der Waals surface area contributed by atoms with Crippen molar-refractivity contribution in [2.45, 2.75) is 47.1 Å². The standard InChI is InChI=1S/C12H27NO/c1-7-11(9-14-6)13-8-10(2)12(3,4)5/h10-11,13H,7-9H2,1-6H3. The molecular weight excluding hydrogens is 174 g/mol. The van der Waals surface area contributed by atoms with Crippen molar-refractivity contribution in [3.05, 3.63) is 0 Å². The van der Waals surface area contributed by atoms with Gasteiger partial charge < -0.3 is 10.1 Å². The van der Waals surface area contributed by atoms with Crippen molar-refractivity contribution in [3.63, 3.8) is 0 Å². The first-order valence-electron chi connectivity index (χ1n) is 5.64. The summed E-state index contributed by atoms with van der Waals surface area (Å²) in [5.41, 5.74) is 0.387. The Kier molecular flexibility index (Phi) is 6.38. The number of methoxy groups -OCH3 is 1. The van der Waals surface area contributed by atoms with Crippen LogP contribution in [0.2, 0.25) is 0 Å². The van der Waals surface area contributed by atoms with Crippen molar-refractivity contribution in [1.82, 2.24) is 5.32 Å². The summed E-state index contributed by atoms with van der Waals surface area (Å²) in [5.74, 6) is 0.688. The summed E-state index contributed by atoms with van der Waals surface area (Å²) >= 11 is 0. The molecule has 0 radical (unpaired) electrons. The number of ether oxygens (including phenoxy) is 1. The van der Waals surface area contributed by atoms with E-state index < -0.39 is 0 Å². The van der Waals surface area contributed by atoms with Gasteiger partial charge in [-0.1, -0.05) is 34.6 Å². The molecule has 0 aromatic rings. The molecule has 0 aliphatic heterocycles. The minimum absolute atomic E-state index is 0.387. The first-order chi connectivity index (χ1) is 6.41. The molecule has 0 aromatic carbocycles. The molecule has 0 bridgehead atoms. The molecule has 14 heavy (non-hydrogen) atoms. The van der Waals surface area contributed by atoms with E-state index in [0.29, 0.717) is 17.4 Å². The molecule has 0 saturated carbocycles. The average molecular weight is 201 g/mol. The topological polar surface area (TPSA) is 21.3 Å². The fraction of sp³-hybridized carbons (Fsp3) is 1.00. The van der Waals surface area contributed by atoms with Crippen LogP contribution >= 0.6 is 0 Å². The second-order valence-electron chi connectivity index (χ2n) is 5.24. The van der Waals surface area contributed by atoms with Crippen LogP contribution in [0.15, 0.2) is 0 Å². The van der Waals surface area contributed by atoms with E-state index in [-0.39, 0.29) is 0 Å². The zero-order chi connectivity index (χ0) is 11.2. The normalized spacial score (nSPS) is 16.7. The van der Waals surface area contributed by atoms with Gasteiger partial charge in [-0.2, -0.15) is 0 Å². The van der Waals surface area contributed by atoms with Crippen molar-refractivity contribution in [1.29, 1.82) is 0 Å². The van der Waals surface area contributed by atoms with E-state index in [4.69, 9.17) is 4.74 Å². The summed E-state index contributed by atoms with van der Waals surface area (Å²) in [6, 6.07) is 0.504. The highest BCUT2D eigenvalue weighted by atomic mass is 16.5. The minimum Gasteiger partial charge on any atom is -0.383 e. The number of hydrogen-bond donors (Lipinski definition) is 1. The Bertz CT molecular complexity index is 140. The van der Waals surface area contributed by atoms with E-state index >= 15 is 0 Å². The number of nitrogens with one attached hydrogen (secondary N) is 1. The molecule has 86 valence electrons. The summed E-state index contributed by atoms with van der Waals surface area (Å²) < 4.78 is 5.15. The van der Waals surface area contributed by atoms with E-state index in [1.54, 1.807) is 7.11 Å². The molecule has 0 aliphatic carbocycles. The summed E-state index contributed by atoms with van der Waals surface area (Å²) in [4.78, 5) is 0. The predicted octanol–water partition coefficient (Wildman–Crippen LogP) is 2.68. The van der Waals surface area contributed by atoms with Crippen LogP contribution in [0.3, 0.4) is 0 Å². The first-order valence-corrected chi connectivity index (χ1v) is 5.64. The van der Waals surface area contributed by atoms with Crippen LogP contribution in [0, 0.1) is 11.3 Å². The average Bonchev–Trinajstić information content (AvgIpc) is 2.10. The van der Waals surface area contributed by atoms with Crippen molar-refractivity contribution >= 4 is 0 Å². The molecule has 0 fully saturated rings. The molecule has 2 atom stereocenters. The van der Waals surface area contributed by atoms with Gasteiger partial charge in [0, 0.05) is 13.2 Å². The molecule has 1 N–H and O–H groups in total. The molecule has 0 spiro atoms. The van der Waals surface area contributed by atoms with E-state index in [1.807, 2.05) is 0 Å². The SMILES string of the molecule is CCC(COC)NCC(C)C(C)(C)C. The Labute approximate surface area is 89.4 Å². The van der Waals surface area contributed by atoms with Gasteiger partial charge in [-0.15, -0.1) is 0 Å². The Balaban J connectivity index is 3.79. The van der Waals surface area contributed by atoms with Crippen molar-refractivity contribution in [2.75, 3.05) is 20.3 Å². The third-order valence-electron chi connectivity index (χ3n) is 3.05. The Morgan fingerprint density at radius 1 is 1.29 bits per heavy atom. The third-order valence-corrected chi connectivity index (χ3v) is 3.05. The molecule has 2 nitrogen and oxygen atoms in total. The second kappa shape index (κ2) is 6.41. The highest BCUT2D eigenvalue weighted by Crippen LogP contribution is 2.24. The molecule has 0 heterocycles. The molecular formula is C12H27NO. The fourth-order valence-corrected chi connectivity index (χ4v) is 1.17. The Morgan fingerprint density at radius 2 is 1.86 bits per heavy atom. The summed E-state index contributed by atoms with van der Waals surface area (Å²) in [7, 11) is 1.76. The second-order valence-corrected chi connectivity index (χ2v) is 5.24. The molecule has 0 amide bonds. The van der Waals surface area contributed by atoms with Gasteiger partial charge >= 0.3 is 0 Å². The maximum atomic E-state index is 5.15. The molecule has 0 aromatic heterocycles. The summed E-state index contributed by atoms with van der Waals surface area (Å²) in [6.07, 6.45) is 1.13. The molecule has 0 saturated heterocycles. The van der Waals surface area contributed by atoms with Gasteiger partial charge in [-0.3, -0.25) is 0 Å². The van der Waals surface area contributed by atoms with Gasteiger partial charge in [-0.05, 0) is 24.3 Å². The van der Waals surface area contributed by atoms with E-state index in [1.165, 1.54) is 0 Å². The van der Waals surface area contributed by atoms with Crippen molar-refractivity contribution in [3.8, 4) is 0 Å². The first kappa shape index (κ1) is 13.9. The van der Waals surface area contributed by atoms with Crippen LogP contribution < -0.4 is 5.32 Å². The van der Waals surface area contributed by atoms with Gasteiger partial charge in [0.05, 0.1) is 6.61 Å². The van der Waals surface area contributed by atoms with Gasteiger partial charge in [0.25, 0.3) is 0 Å². The lowest BCUT2D eigenvalue weighted by molar-refractivity contribution is 0.154. The number of rotatable bonds is 6. The maximum absolute atomic E-state index is 5.15. The van der Waals surface area contributed by atoms with Gasteiger partial charge in [0.2, 0.25) is 0 Å². The summed E-state index contributed by atoms with van der Waals surface area (Å²) in [5, 5.41) is 3.55. The van der Waals surface area contributed by atoms with Crippen LogP contribution in [0.25, 0.3) is 0 Å². The summed E-state index contributed by atoms with van der Waals surface area (Å²) in [6.45, 7) is 13.2. The lowest BCUT2D eigenvalue weighted by Crippen LogP contribution is -2.38. The van der Waals surface area contributed by atoms with Crippen LogP contribution in [0.4, 0.5) is 0 Å². The highest BCUT2D eigenvalue weighted by Gasteiger charge is 2.20. The van der Waals surface area contributed by atoms with Crippen LogP contribution in [0.1, 0.15) is 41.0 Å². The van der Waals surface area contributed by atoms with Gasteiger partial charge in [0.1, 0.15) is 0 Å². The smallest absolute Gasteiger partial charge is 0.0615 e. The van der Waals surface area contributed by atoms with Gasteiger partial charge in [-0.25, -0.2) is 0 Å². The zero-order valence-corrected chi connectivity index (χ0v) is 10.7. The monoisotopic (exact) mass is 201 g/mol. The maximum Gasteiger partial charge on any atom is 0.0615 e. The minimum atomic E-state index is 0.387. The highest BCUT2D eigenvalue weighted by molar-refractivity contribution is 4.74. The van der Waals surface area contributed by atoms with Crippen LogP contribution in [0.5, 0.6) is 0 Å². The van der Waals surface area contributed by atoms with Gasteiger partial charge in [0.15, 0.2) is 0 Å². The quantitative estimate of drug-likeness (QED) is 0.713. The largest absolute Gasteiger partial charge is 0.383 e. The Hall–Kier alpha value is -0.0800. The van der Waals surface area contributed by atoms with Crippen LogP contribution in [-0.4, -0.2) is 26.3 Å². The third kappa shape index (κ3) is 5.61. The van der Waals surface area contributed by atoms with E-state index in [9.17, 15) is 0 Å². The lowest BCUT2D eigenvalue weighted by Gasteiger charge is -2.29. The van der Waals surface area contributed by atoms with Crippen molar-refractivity contribution in [2.24, 2.45) is 11.3 Å². The molecule has 0 aliphatic rings. The number of hydrogen-bond acceptors (Lipinski definition) is 2. The van der Waals surface area contributed by atoms with E-state index in [0.717, 1.165) is 19.6 Å². The molecule has 2 unspecified atom stereocenters. The zero-order valence-electron chi connectivity index (χ0n) is 10.7. The molecule has 2 heteroatoms. The predicted molar refractivity (Wildman–Crippen MR) is 62.6 cm³/mol. The van der Waals surface area contributed by atoms with Crippen LogP contribution in [-0.2, 0) is 4.74 Å². The van der Waals surface area contributed by atoms with Crippen molar-refractivity contribution < 1.29 is 4.74 Å². The molecule has 0 rings (SSSR count). The Morgan fingerprint density at radius 3 is 2.21 bits per heavy atom. The fourth-order valence-electron chi connectivity index (χ4n) is 1.17.